The van der Waals surface area contributed by atoms with E-state index in [1.54, 1.807) is 0 Å². The van der Waals surface area contributed by atoms with Crippen LogP contribution in [0.1, 0.15) is 38.2 Å². The molecule has 0 aromatic heterocycles. The lowest BCUT2D eigenvalue weighted by Crippen LogP contribution is -2.37. The third-order valence-corrected chi connectivity index (χ3v) is 5.12. The van der Waals surface area contributed by atoms with Crippen LogP contribution < -0.4 is 15.3 Å². The van der Waals surface area contributed by atoms with Gasteiger partial charge in [-0.05, 0) is 48.5 Å². The standard InChI is InChI=1S/C17H22ClNO/c1-11-7-9-19(10-8-11)16-15(18)12(2)13-5-3-4-6-14(13)17(16)20/h5,11,20H,2-4,6-10H2,1H3. The monoisotopic (exact) mass is 291 g/mol. The van der Waals surface area contributed by atoms with Gasteiger partial charge in [-0.2, -0.15) is 0 Å². The smallest absolute Gasteiger partial charge is 0.144 e. The molecule has 1 heterocycles. The summed E-state index contributed by atoms with van der Waals surface area (Å²) in [6.45, 7) is 8.37. The molecule has 3 rings (SSSR count). The highest BCUT2D eigenvalue weighted by Gasteiger charge is 2.24. The summed E-state index contributed by atoms with van der Waals surface area (Å²) in [6.07, 6.45) is 7.55. The zero-order valence-electron chi connectivity index (χ0n) is 12.1. The summed E-state index contributed by atoms with van der Waals surface area (Å²) >= 11 is 6.52. The van der Waals surface area contributed by atoms with Crippen molar-refractivity contribution in [1.29, 1.82) is 0 Å². The summed E-state index contributed by atoms with van der Waals surface area (Å²) in [6, 6.07) is 0. The number of nitrogens with zero attached hydrogens (tertiary/aromatic N) is 1. The van der Waals surface area contributed by atoms with Crippen molar-refractivity contribution in [2.45, 2.75) is 39.0 Å². The van der Waals surface area contributed by atoms with Crippen LogP contribution in [0.4, 0.5) is 5.69 Å². The molecule has 1 aromatic rings. The van der Waals surface area contributed by atoms with Crippen LogP contribution in [0.3, 0.4) is 0 Å². The van der Waals surface area contributed by atoms with Gasteiger partial charge in [0, 0.05) is 18.7 Å². The van der Waals surface area contributed by atoms with Crippen molar-refractivity contribution in [3.05, 3.63) is 21.0 Å². The second-order valence-electron chi connectivity index (χ2n) is 6.15. The summed E-state index contributed by atoms with van der Waals surface area (Å²) in [5, 5.41) is 13.3. The summed E-state index contributed by atoms with van der Waals surface area (Å²) in [5.41, 5.74) is 1.86. The lowest BCUT2D eigenvalue weighted by molar-refractivity contribution is 0.426. The fourth-order valence-corrected chi connectivity index (χ4v) is 3.67. The normalized spacial score (nSPS) is 19.6. The van der Waals surface area contributed by atoms with Gasteiger partial charge in [-0.1, -0.05) is 31.2 Å². The molecule has 0 bridgehead atoms. The number of fused-ring (bicyclic) bond motifs is 1. The fourth-order valence-electron chi connectivity index (χ4n) is 3.36. The van der Waals surface area contributed by atoms with E-state index in [1.165, 1.54) is 0 Å². The zero-order valence-corrected chi connectivity index (χ0v) is 12.8. The highest BCUT2D eigenvalue weighted by atomic mass is 35.5. The molecular formula is C17H22ClNO. The highest BCUT2D eigenvalue weighted by Crippen LogP contribution is 2.37. The first-order valence-corrected chi connectivity index (χ1v) is 7.94. The van der Waals surface area contributed by atoms with Crippen LogP contribution >= 0.6 is 11.6 Å². The molecule has 0 atom stereocenters. The highest BCUT2D eigenvalue weighted by molar-refractivity contribution is 6.33. The quantitative estimate of drug-likeness (QED) is 0.860. The second kappa shape index (κ2) is 5.33. The van der Waals surface area contributed by atoms with Gasteiger partial charge in [0.15, 0.2) is 0 Å². The Bertz CT molecular complexity index is 630. The Kier molecular flexibility index (Phi) is 3.68. The number of aromatic hydroxyl groups is 1. The molecule has 108 valence electrons. The average Bonchev–Trinajstić information content (AvgIpc) is 2.47. The van der Waals surface area contributed by atoms with E-state index in [4.69, 9.17) is 11.6 Å². The molecule has 1 aromatic carbocycles. The Labute approximate surface area is 125 Å². The van der Waals surface area contributed by atoms with Gasteiger partial charge in [0.25, 0.3) is 0 Å². The van der Waals surface area contributed by atoms with E-state index in [0.29, 0.717) is 10.8 Å². The Balaban J connectivity index is 2.12. The lowest BCUT2D eigenvalue weighted by Gasteiger charge is -2.34. The van der Waals surface area contributed by atoms with Gasteiger partial charge >= 0.3 is 0 Å². The average molecular weight is 292 g/mol. The number of piperidine rings is 1. The zero-order chi connectivity index (χ0) is 14.3. The Hall–Kier alpha value is -1.15. The molecule has 1 saturated heterocycles. The molecule has 1 N–H and O–H groups in total. The van der Waals surface area contributed by atoms with Crippen molar-refractivity contribution in [3.8, 4) is 5.75 Å². The van der Waals surface area contributed by atoms with Crippen molar-refractivity contribution < 1.29 is 5.11 Å². The van der Waals surface area contributed by atoms with Gasteiger partial charge in [-0.15, -0.1) is 0 Å². The number of phenols is 1. The summed E-state index contributed by atoms with van der Waals surface area (Å²) in [5.74, 6) is 1.15. The number of anilines is 1. The second-order valence-corrected chi connectivity index (χ2v) is 6.53. The third kappa shape index (κ3) is 2.20. The number of phenolic OH excluding ortho intramolecular Hbond substituents is 1. The molecular weight excluding hydrogens is 270 g/mol. The van der Waals surface area contributed by atoms with Crippen LogP contribution in [0.15, 0.2) is 0 Å². The van der Waals surface area contributed by atoms with Crippen LogP contribution in [0.2, 0.25) is 5.02 Å². The van der Waals surface area contributed by atoms with E-state index in [-0.39, 0.29) is 0 Å². The van der Waals surface area contributed by atoms with Crippen molar-refractivity contribution in [2.24, 2.45) is 5.92 Å². The van der Waals surface area contributed by atoms with Crippen LogP contribution in [0.5, 0.6) is 5.75 Å². The van der Waals surface area contributed by atoms with Gasteiger partial charge in [-0.3, -0.25) is 0 Å². The largest absolute Gasteiger partial charge is 0.505 e. The van der Waals surface area contributed by atoms with Crippen LogP contribution in [0, 0.1) is 5.92 Å². The third-order valence-electron chi connectivity index (χ3n) is 4.71. The summed E-state index contributed by atoms with van der Waals surface area (Å²) in [7, 11) is 0. The van der Waals surface area contributed by atoms with E-state index in [9.17, 15) is 5.11 Å². The molecule has 1 aliphatic carbocycles. The molecule has 2 aliphatic rings. The maximum absolute atomic E-state index is 10.7. The Morgan fingerprint density at radius 3 is 2.75 bits per heavy atom. The van der Waals surface area contributed by atoms with Gasteiger partial charge in [-0.25, -0.2) is 0 Å². The number of benzene rings is 1. The topological polar surface area (TPSA) is 23.5 Å². The number of hydrogen-bond donors (Lipinski definition) is 1. The first kappa shape index (κ1) is 13.8. The Morgan fingerprint density at radius 1 is 1.35 bits per heavy atom. The van der Waals surface area contributed by atoms with Crippen LogP contribution in [-0.2, 0) is 6.42 Å². The Morgan fingerprint density at radius 2 is 2.05 bits per heavy atom. The minimum atomic E-state index is 0.392. The van der Waals surface area contributed by atoms with Crippen LogP contribution in [-0.4, -0.2) is 18.2 Å². The maximum atomic E-state index is 10.7. The van der Waals surface area contributed by atoms with Crippen LogP contribution in [0.25, 0.3) is 12.7 Å². The van der Waals surface area contributed by atoms with Gasteiger partial charge in [0.2, 0.25) is 0 Å². The minimum absolute atomic E-state index is 0.392. The number of hydrogen-bond acceptors (Lipinski definition) is 2. The van der Waals surface area contributed by atoms with E-state index in [0.717, 1.165) is 72.8 Å². The van der Waals surface area contributed by atoms with Crippen molar-refractivity contribution in [1.82, 2.24) is 0 Å². The molecule has 0 saturated carbocycles. The van der Waals surface area contributed by atoms with Crippen molar-refractivity contribution in [3.63, 3.8) is 0 Å². The first-order chi connectivity index (χ1) is 9.59. The SMILES string of the molecule is C=c1c(Cl)c(N2CCC(C)CC2)c(O)c2c1=CCCC2. The molecule has 1 fully saturated rings. The molecule has 2 nitrogen and oxygen atoms in total. The predicted molar refractivity (Wildman–Crippen MR) is 85.9 cm³/mol. The van der Waals surface area contributed by atoms with Gasteiger partial charge < -0.3 is 10.0 Å². The molecule has 3 heteroatoms. The molecule has 0 spiro atoms. The van der Waals surface area contributed by atoms with Gasteiger partial charge in [0.1, 0.15) is 5.75 Å². The van der Waals surface area contributed by atoms with Crippen molar-refractivity contribution in [2.75, 3.05) is 18.0 Å². The number of rotatable bonds is 1. The predicted octanol–water partition coefficient (Wildman–Crippen LogP) is 2.81. The number of halogens is 1. The maximum Gasteiger partial charge on any atom is 0.144 e. The fraction of sp³-hybridized carbons (Fsp3) is 0.529. The first-order valence-electron chi connectivity index (χ1n) is 7.57. The minimum Gasteiger partial charge on any atom is -0.505 e. The lowest BCUT2D eigenvalue weighted by atomic mass is 9.94. The van der Waals surface area contributed by atoms with E-state index in [2.05, 4.69) is 24.5 Å². The van der Waals surface area contributed by atoms with Gasteiger partial charge in [0.05, 0.1) is 10.7 Å². The summed E-state index contributed by atoms with van der Waals surface area (Å²) < 4.78 is 0. The van der Waals surface area contributed by atoms with E-state index in [1.807, 2.05) is 0 Å². The van der Waals surface area contributed by atoms with E-state index < -0.39 is 0 Å². The molecule has 0 unspecified atom stereocenters. The van der Waals surface area contributed by atoms with E-state index >= 15 is 0 Å². The van der Waals surface area contributed by atoms with Crippen molar-refractivity contribution >= 4 is 29.9 Å². The summed E-state index contributed by atoms with van der Waals surface area (Å²) in [4.78, 5) is 2.24. The molecule has 0 amide bonds. The molecule has 0 radical (unpaired) electrons. The molecule has 1 aliphatic heterocycles. The molecule has 20 heavy (non-hydrogen) atoms.